The Morgan fingerprint density at radius 3 is 2.32 bits per heavy atom. The largest absolute Gasteiger partial charge is 0.445 e. The number of hydrogen-bond acceptors (Lipinski definition) is 3. The molecule has 1 aliphatic carbocycles. The molecule has 2 rings (SSSR count). The first kappa shape index (κ1) is 16.8. The monoisotopic (exact) mass is 323 g/mol. The van der Waals surface area contributed by atoms with Gasteiger partial charge in [0, 0.05) is 0 Å². The number of alkyl halides is 1. The van der Waals surface area contributed by atoms with E-state index < -0.39 is 11.6 Å². The van der Waals surface area contributed by atoms with Crippen LogP contribution in [0.2, 0.25) is 0 Å². The predicted molar refractivity (Wildman–Crippen MR) is 85.9 cm³/mol. The van der Waals surface area contributed by atoms with Gasteiger partial charge in [0.15, 0.2) is 5.78 Å². The van der Waals surface area contributed by atoms with Crippen LogP contribution in [0.1, 0.15) is 44.1 Å². The molecule has 0 spiro atoms. The molecule has 1 saturated carbocycles. The lowest BCUT2D eigenvalue weighted by molar-refractivity contribution is -0.123. The summed E-state index contributed by atoms with van der Waals surface area (Å²) in [7, 11) is 0. The lowest BCUT2D eigenvalue weighted by Gasteiger charge is -2.31. The second-order valence-electron chi connectivity index (χ2n) is 5.74. The van der Waals surface area contributed by atoms with E-state index in [0.29, 0.717) is 12.8 Å². The summed E-state index contributed by atoms with van der Waals surface area (Å²) in [4.78, 5) is 24.3. The number of carbonyl (C=O) groups excluding carboxylic acids is 2. The van der Waals surface area contributed by atoms with Crippen molar-refractivity contribution in [3.05, 3.63) is 35.9 Å². The Kier molecular flexibility index (Phi) is 6.25. The van der Waals surface area contributed by atoms with Crippen molar-refractivity contribution >= 4 is 23.5 Å². The van der Waals surface area contributed by atoms with Crippen molar-refractivity contribution in [2.24, 2.45) is 0 Å². The van der Waals surface area contributed by atoms with Crippen LogP contribution in [0.5, 0.6) is 0 Å². The van der Waals surface area contributed by atoms with Crippen LogP contribution >= 0.6 is 11.6 Å². The average Bonchev–Trinajstić information content (AvgIpc) is 2.79. The Morgan fingerprint density at radius 1 is 1.09 bits per heavy atom. The number of hydrogen-bond donors (Lipinski definition) is 1. The van der Waals surface area contributed by atoms with Crippen LogP contribution in [0.3, 0.4) is 0 Å². The van der Waals surface area contributed by atoms with Crippen molar-refractivity contribution in [3.8, 4) is 0 Å². The predicted octanol–water partition coefficient (Wildman–Crippen LogP) is 3.81. The van der Waals surface area contributed by atoms with Crippen LogP contribution < -0.4 is 5.32 Å². The van der Waals surface area contributed by atoms with Crippen LogP contribution in [-0.2, 0) is 16.1 Å². The minimum Gasteiger partial charge on any atom is -0.445 e. The Bertz CT molecular complexity index is 496. The molecule has 22 heavy (non-hydrogen) atoms. The number of ether oxygens (including phenoxy) is 1. The fourth-order valence-corrected chi connectivity index (χ4v) is 3.14. The van der Waals surface area contributed by atoms with Gasteiger partial charge < -0.3 is 10.1 Å². The smallest absolute Gasteiger partial charge is 0.408 e. The highest BCUT2D eigenvalue weighted by molar-refractivity contribution is 6.29. The SMILES string of the molecule is O=C(NC1(C(=O)CCl)CCCCCC1)OCc1ccccc1. The van der Waals surface area contributed by atoms with Gasteiger partial charge in [0.1, 0.15) is 12.1 Å². The molecule has 0 bridgehead atoms. The van der Waals surface area contributed by atoms with Gasteiger partial charge in [-0.25, -0.2) is 4.79 Å². The van der Waals surface area contributed by atoms with Crippen molar-refractivity contribution in [3.63, 3.8) is 0 Å². The molecule has 1 N–H and O–H groups in total. The first-order valence-corrected chi connectivity index (χ1v) is 8.28. The highest BCUT2D eigenvalue weighted by Gasteiger charge is 2.39. The summed E-state index contributed by atoms with van der Waals surface area (Å²) in [6, 6.07) is 9.46. The third-order valence-corrected chi connectivity index (χ3v) is 4.41. The van der Waals surface area contributed by atoms with Gasteiger partial charge in [-0.15, -0.1) is 11.6 Å². The van der Waals surface area contributed by atoms with E-state index in [4.69, 9.17) is 16.3 Å². The molecule has 0 unspecified atom stereocenters. The van der Waals surface area contributed by atoms with E-state index in [1.54, 1.807) is 0 Å². The molecular weight excluding hydrogens is 302 g/mol. The van der Waals surface area contributed by atoms with Gasteiger partial charge in [-0.05, 0) is 18.4 Å². The molecule has 0 saturated heterocycles. The number of benzene rings is 1. The first-order chi connectivity index (χ1) is 10.7. The number of Topliss-reactive ketones (excluding diaryl/α,β-unsaturated/α-hetero) is 1. The molecule has 5 heteroatoms. The van der Waals surface area contributed by atoms with E-state index in [9.17, 15) is 9.59 Å². The molecule has 0 aliphatic heterocycles. The molecule has 0 aromatic heterocycles. The van der Waals surface area contributed by atoms with Gasteiger partial charge in [-0.1, -0.05) is 56.0 Å². The molecule has 1 aliphatic rings. The maximum Gasteiger partial charge on any atom is 0.408 e. The Hall–Kier alpha value is -1.55. The molecule has 1 aromatic rings. The summed E-state index contributed by atoms with van der Waals surface area (Å²) in [5.41, 5.74) is 0.0580. The van der Waals surface area contributed by atoms with Crippen molar-refractivity contribution in [1.82, 2.24) is 5.32 Å². The number of amides is 1. The summed E-state index contributed by atoms with van der Waals surface area (Å²) < 4.78 is 5.25. The fraction of sp³-hybridized carbons (Fsp3) is 0.529. The maximum atomic E-state index is 12.2. The molecule has 1 aromatic carbocycles. The van der Waals surface area contributed by atoms with Crippen LogP contribution in [0, 0.1) is 0 Å². The lowest BCUT2D eigenvalue weighted by Crippen LogP contribution is -2.55. The maximum absolute atomic E-state index is 12.2. The number of alkyl carbamates (subject to hydrolysis) is 1. The van der Waals surface area contributed by atoms with Crippen molar-refractivity contribution in [2.75, 3.05) is 5.88 Å². The first-order valence-electron chi connectivity index (χ1n) is 7.74. The van der Waals surface area contributed by atoms with E-state index in [2.05, 4.69) is 5.32 Å². The highest BCUT2D eigenvalue weighted by Crippen LogP contribution is 2.28. The van der Waals surface area contributed by atoms with Gasteiger partial charge in [0.2, 0.25) is 0 Å². The zero-order valence-electron chi connectivity index (χ0n) is 12.6. The van der Waals surface area contributed by atoms with Crippen molar-refractivity contribution < 1.29 is 14.3 Å². The highest BCUT2D eigenvalue weighted by atomic mass is 35.5. The topological polar surface area (TPSA) is 55.4 Å². The minimum atomic E-state index is -0.855. The Morgan fingerprint density at radius 2 is 1.73 bits per heavy atom. The Labute approximate surface area is 136 Å². The Balaban J connectivity index is 1.97. The molecule has 0 atom stereocenters. The quantitative estimate of drug-likeness (QED) is 0.662. The zero-order chi connectivity index (χ0) is 15.8. The standard InChI is InChI=1S/C17H22ClNO3/c18-12-15(20)17(10-6-1-2-7-11-17)19-16(21)22-13-14-8-4-3-5-9-14/h3-5,8-9H,1-2,6-7,10-13H2,(H,19,21). The minimum absolute atomic E-state index is 0.0844. The van der Waals surface area contributed by atoms with E-state index >= 15 is 0 Å². The van der Waals surface area contributed by atoms with Crippen LogP contribution in [0.15, 0.2) is 30.3 Å². The lowest BCUT2D eigenvalue weighted by atomic mass is 9.86. The number of ketones is 1. The molecular formula is C17H22ClNO3. The van der Waals surface area contributed by atoms with E-state index in [1.807, 2.05) is 30.3 Å². The van der Waals surface area contributed by atoms with Gasteiger partial charge in [0.25, 0.3) is 0 Å². The molecule has 4 nitrogen and oxygen atoms in total. The van der Waals surface area contributed by atoms with Gasteiger partial charge in [-0.2, -0.15) is 0 Å². The summed E-state index contributed by atoms with van der Waals surface area (Å²) in [6.45, 7) is 0.192. The van der Waals surface area contributed by atoms with Crippen LogP contribution in [0.25, 0.3) is 0 Å². The van der Waals surface area contributed by atoms with Gasteiger partial charge >= 0.3 is 6.09 Å². The molecule has 0 radical (unpaired) electrons. The molecule has 1 fully saturated rings. The van der Waals surface area contributed by atoms with Crippen LogP contribution in [-0.4, -0.2) is 23.3 Å². The number of halogens is 1. The van der Waals surface area contributed by atoms with E-state index in [1.165, 1.54) is 0 Å². The number of nitrogens with one attached hydrogen (secondary N) is 1. The van der Waals surface area contributed by atoms with E-state index in [-0.39, 0.29) is 18.3 Å². The normalized spacial score (nSPS) is 17.3. The average molecular weight is 324 g/mol. The summed E-state index contributed by atoms with van der Waals surface area (Å²) in [6.07, 6.45) is 4.72. The third kappa shape index (κ3) is 4.47. The molecule has 0 heterocycles. The van der Waals surface area contributed by atoms with Gasteiger partial charge in [0.05, 0.1) is 5.88 Å². The number of rotatable bonds is 5. The zero-order valence-corrected chi connectivity index (χ0v) is 13.4. The third-order valence-electron chi connectivity index (χ3n) is 4.17. The van der Waals surface area contributed by atoms with Crippen LogP contribution in [0.4, 0.5) is 4.79 Å². The van der Waals surface area contributed by atoms with Crippen molar-refractivity contribution in [1.29, 1.82) is 0 Å². The molecule has 120 valence electrons. The fourth-order valence-electron chi connectivity index (χ4n) is 2.89. The summed E-state index contributed by atoms with van der Waals surface area (Å²) >= 11 is 5.74. The second kappa shape index (κ2) is 8.18. The summed E-state index contributed by atoms with van der Waals surface area (Å²) in [5.74, 6) is -0.202. The van der Waals surface area contributed by atoms with Crippen molar-refractivity contribution in [2.45, 2.75) is 50.7 Å². The van der Waals surface area contributed by atoms with Gasteiger partial charge in [-0.3, -0.25) is 4.79 Å². The second-order valence-corrected chi connectivity index (χ2v) is 6.01. The van der Waals surface area contributed by atoms with E-state index in [0.717, 1.165) is 31.2 Å². The summed E-state index contributed by atoms with van der Waals surface area (Å²) in [5, 5.41) is 2.80. The number of carbonyl (C=O) groups is 2. The molecule has 1 amide bonds.